The average Bonchev–Trinajstić information content (AvgIpc) is 3.67. The van der Waals surface area contributed by atoms with Gasteiger partial charge in [0, 0.05) is 25.0 Å². The summed E-state index contributed by atoms with van der Waals surface area (Å²) in [5.74, 6) is 0.442. The number of carbonyl (C=O) groups is 3. The van der Waals surface area contributed by atoms with E-state index >= 15 is 0 Å². The van der Waals surface area contributed by atoms with Gasteiger partial charge in [-0.3, -0.25) is 18.7 Å². The van der Waals surface area contributed by atoms with E-state index in [-0.39, 0.29) is 48.0 Å². The summed E-state index contributed by atoms with van der Waals surface area (Å²) in [4.78, 5) is 38.7. The average molecular weight is 546 g/mol. The highest BCUT2D eigenvalue weighted by Gasteiger charge is 2.45. The van der Waals surface area contributed by atoms with Crippen LogP contribution in [0.15, 0.2) is 35.5 Å². The molecule has 202 valence electrons. The Morgan fingerprint density at radius 1 is 1.24 bits per heavy atom. The first kappa shape index (κ1) is 24.5. The first-order valence-corrected chi connectivity index (χ1v) is 13.9. The van der Waals surface area contributed by atoms with E-state index in [9.17, 15) is 27.9 Å². The Morgan fingerprint density at radius 2 is 2.05 bits per heavy atom. The molecule has 2 aromatic rings. The first-order valence-electron chi connectivity index (χ1n) is 12.4. The minimum atomic E-state index is -4.15. The lowest BCUT2D eigenvalue weighted by molar-refractivity contribution is -0.126. The molecule has 1 saturated heterocycles. The van der Waals surface area contributed by atoms with Crippen LogP contribution in [0.3, 0.4) is 0 Å². The third-order valence-corrected chi connectivity index (χ3v) is 9.62. The fourth-order valence-electron chi connectivity index (χ4n) is 6.16. The van der Waals surface area contributed by atoms with E-state index in [1.54, 1.807) is 13.1 Å². The Kier molecular flexibility index (Phi) is 5.74. The molecule has 0 radical (unpaired) electrons. The fraction of sp³-hybridized carbons (Fsp3) is 0.500. The minimum absolute atomic E-state index is 0.0585. The number of cyclic esters (lactones) is 1. The maximum absolute atomic E-state index is 13.8. The molecule has 2 aliphatic heterocycles. The van der Waals surface area contributed by atoms with Gasteiger partial charge in [-0.05, 0) is 49.3 Å². The van der Waals surface area contributed by atoms with Crippen molar-refractivity contribution in [3.63, 3.8) is 0 Å². The molecule has 3 amide bonds. The van der Waals surface area contributed by atoms with Gasteiger partial charge in [0.2, 0.25) is 0 Å². The number of rotatable bonds is 6. The molecule has 1 N–H and O–H groups in total. The Bertz CT molecular complexity index is 1410. The van der Waals surface area contributed by atoms with Gasteiger partial charge >= 0.3 is 12.2 Å². The van der Waals surface area contributed by atoms with Crippen LogP contribution >= 0.6 is 0 Å². The minimum Gasteiger partial charge on any atom is -0.484 e. The van der Waals surface area contributed by atoms with Crippen LogP contribution in [0.5, 0.6) is 5.75 Å². The van der Waals surface area contributed by atoms with Gasteiger partial charge in [0.05, 0.1) is 25.0 Å². The van der Waals surface area contributed by atoms with Crippen LogP contribution in [0.2, 0.25) is 0 Å². The van der Waals surface area contributed by atoms with Crippen molar-refractivity contribution >= 4 is 39.5 Å². The first-order chi connectivity index (χ1) is 18.1. The Morgan fingerprint density at radius 3 is 2.66 bits per heavy atom. The summed E-state index contributed by atoms with van der Waals surface area (Å²) in [6.07, 6.45) is 3.68. The number of benzene rings is 1. The molecule has 4 atom stereocenters. The zero-order valence-electron chi connectivity index (χ0n) is 20.6. The van der Waals surface area contributed by atoms with Gasteiger partial charge in [-0.15, -0.1) is 0 Å². The second-order valence-electron chi connectivity index (χ2n) is 10.2. The molecule has 0 spiro atoms. The molecule has 2 saturated carbocycles. The second-order valence-corrected chi connectivity index (χ2v) is 12.1. The highest BCUT2D eigenvalue weighted by molar-refractivity contribution is 7.92. The summed E-state index contributed by atoms with van der Waals surface area (Å²) in [6, 6.07) is 4.49. The maximum Gasteiger partial charge on any atom is 0.417 e. The number of aryl methyl sites for hydroxylation is 1. The SMILES string of the molecule is Cn1cc(S(=O)(=O)N2C[C@H](CN3C(=O)COC3=O)Oc3ccc(N(C(=O)O)C4C[C@@H]5CC[C@H]4C5)cc32)cn1. The van der Waals surface area contributed by atoms with Gasteiger partial charge in [0.15, 0.2) is 6.61 Å². The predicted molar refractivity (Wildman–Crippen MR) is 131 cm³/mol. The molecule has 1 aromatic carbocycles. The second kappa shape index (κ2) is 8.89. The molecule has 13 nitrogen and oxygen atoms in total. The van der Waals surface area contributed by atoms with Crippen molar-refractivity contribution in [2.45, 2.75) is 42.7 Å². The smallest absolute Gasteiger partial charge is 0.417 e. The number of hydrogen-bond acceptors (Lipinski definition) is 8. The van der Waals surface area contributed by atoms with Gasteiger partial charge in [-0.1, -0.05) is 6.42 Å². The largest absolute Gasteiger partial charge is 0.484 e. The van der Waals surface area contributed by atoms with Crippen molar-refractivity contribution in [1.29, 1.82) is 0 Å². The molecule has 2 aliphatic carbocycles. The number of aromatic nitrogens is 2. The summed E-state index contributed by atoms with van der Waals surface area (Å²) < 4.78 is 40.8. The molecule has 3 heterocycles. The molecule has 14 heteroatoms. The van der Waals surface area contributed by atoms with Crippen LogP contribution in [0.4, 0.5) is 21.0 Å². The van der Waals surface area contributed by atoms with E-state index in [4.69, 9.17) is 9.47 Å². The van der Waals surface area contributed by atoms with E-state index < -0.39 is 34.2 Å². The van der Waals surface area contributed by atoms with E-state index in [2.05, 4.69) is 5.10 Å². The van der Waals surface area contributed by atoms with Crippen LogP contribution in [0.1, 0.15) is 25.7 Å². The Hall–Kier alpha value is -3.81. The topological polar surface area (TPSA) is 152 Å². The van der Waals surface area contributed by atoms with Gasteiger partial charge in [0.1, 0.15) is 16.7 Å². The fourth-order valence-corrected chi connectivity index (χ4v) is 7.65. The highest BCUT2D eigenvalue weighted by Crippen LogP contribution is 2.48. The number of sulfonamides is 1. The third kappa shape index (κ3) is 4.03. The normalized spacial score (nSPS) is 26.3. The number of anilines is 2. The number of carbonyl (C=O) groups excluding carboxylic acids is 2. The zero-order valence-corrected chi connectivity index (χ0v) is 21.4. The van der Waals surface area contributed by atoms with E-state index in [0.717, 1.165) is 34.9 Å². The van der Waals surface area contributed by atoms with Crippen molar-refractivity contribution in [2.75, 3.05) is 28.9 Å². The molecule has 1 aromatic heterocycles. The van der Waals surface area contributed by atoms with E-state index in [1.165, 1.54) is 34.1 Å². The predicted octanol–water partition coefficient (Wildman–Crippen LogP) is 2.03. The lowest BCUT2D eigenvalue weighted by Gasteiger charge is -2.37. The van der Waals surface area contributed by atoms with Crippen LogP contribution < -0.4 is 13.9 Å². The Labute approximate surface area is 218 Å². The monoisotopic (exact) mass is 545 g/mol. The van der Waals surface area contributed by atoms with Crippen molar-refractivity contribution in [3.8, 4) is 5.75 Å². The number of carboxylic acid groups (broad SMARTS) is 1. The van der Waals surface area contributed by atoms with E-state index in [1.807, 2.05) is 0 Å². The zero-order chi connectivity index (χ0) is 26.8. The van der Waals surface area contributed by atoms with Crippen LogP contribution in [-0.2, 0) is 26.6 Å². The summed E-state index contributed by atoms with van der Waals surface area (Å²) in [7, 11) is -2.56. The van der Waals surface area contributed by atoms with E-state index in [0.29, 0.717) is 11.6 Å². The van der Waals surface area contributed by atoms with Crippen LogP contribution in [0, 0.1) is 11.8 Å². The Balaban J connectivity index is 1.39. The molecule has 3 fully saturated rings. The van der Waals surface area contributed by atoms with Gasteiger partial charge < -0.3 is 14.6 Å². The number of ether oxygens (including phenoxy) is 2. The van der Waals surface area contributed by atoms with Gasteiger partial charge in [-0.25, -0.2) is 22.9 Å². The summed E-state index contributed by atoms with van der Waals surface area (Å²) in [5, 5.41) is 14.1. The number of nitrogens with zero attached hydrogens (tertiary/aromatic N) is 5. The maximum atomic E-state index is 13.8. The molecule has 6 rings (SSSR count). The lowest BCUT2D eigenvalue weighted by Crippen LogP contribution is -2.49. The molecule has 4 aliphatic rings. The lowest BCUT2D eigenvalue weighted by atomic mass is 9.93. The standard InChI is InChI=1S/C24H27N5O8S/c1-26-12-18(9-25-26)38(34,35)28-11-17(10-27-22(30)13-36-24(27)33)37-21-5-4-16(8-20(21)28)29(23(31)32)19-7-14-2-3-15(19)6-14/h4-5,8-9,12,14-15,17,19H,2-3,6-7,10-11,13H2,1H3,(H,31,32)/t14-,15+,17+,19?/m1/s1. The quantitative estimate of drug-likeness (QED) is 0.575. The molecular formula is C24H27N5O8S. The van der Waals surface area contributed by atoms with Crippen molar-refractivity contribution in [3.05, 3.63) is 30.6 Å². The summed E-state index contributed by atoms with van der Waals surface area (Å²) in [5.41, 5.74) is 0.535. The third-order valence-electron chi connectivity index (χ3n) is 7.89. The van der Waals surface area contributed by atoms with Gasteiger partial charge in [-0.2, -0.15) is 5.10 Å². The van der Waals surface area contributed by atoms with Crippen LogP contribution in [0.25, 0.3) is 0 Å². The van der Waals surface area contributed by atoms with Gasteiger partial charge in [0.25, 0.3) is 15.9 Å². The number of imide groups is 1. The summed E-state index contributed by atoms with van der Waals surface area (Å²) in [6.45, 7) is -0.798. The molecule has 2 bridgehead atoms. The molecule has 38 heavy (non-hydrogen) atoms. The van der Waals surface area contributed by atoms with Crippen molar-refractivity contribution < 1.29 is 37.4 Å². The molecule has 1 unspecified atom stereocenters. The number of amides is 3. The molecular weight excluding hydrogens is 518 g/mol. The van der Waals surface area contributed by atoms with Crippen molar-refractivity contribution in [1.82, 2.24) is 14.7 Å². The highest BCUT2D eigenvalue weighted by atomic mass is 32.2. The number of hydrogen-bond donors (Lipinski definition) is 1. The van der Waals surface area contributed by atoms with Crippen molar-refractivity contribution in [2.24, 2.45) is 18.9 Å². The van der Waals surface area contributed by atoms with Crippen LogP contribution in [-0.4, -0.2) is 78.1 Å². The summed E-state index contributed by atoms with van der Waals surface area (Å²) >= 11 is 0. The number of fused-ring (bicyclic) bond motifs is 3.